The van der Waals surface area contributed by atoms with Crippen LogP contribution in [0.4, 0.5) is 0 Å². The SMILES string of the molecule is COC(=O)[C@H]1C[C@@H]2CC[C@@H]1O2. The van der Waals surface area contributed by atoms with E-state index < -0.39 is 0 Å². The van der Waals surface area contributed by atoms with Crippen molar-refractivity contribution in [3.63, 3.8) is 0 Å². The average molecular weight is 156 g/mol. The molecule has 2 bridgehead atoms. The van der Waals surface area contributed by atoms with Crippen LogP contribution < -0.4 is 0 Å². The molecule has 0 aromatic rings. The van der Waals surface area contributed by atoms with Crippen molar-refractivity contribution in [2.75, 3.05) is 7.11 Å². The Labute approximate surface area is 65.7 Å². The van der Waals surface area contributed by atoms with Crippen LogP contribution in [0.2, 0.25) is 0 Å². The second-order valence-electron chi connectivity index (χ2n) is 3.24. The van der Waals surface area contributed by atoms with Gasteiger partial charge < -0.3 is 9.47 Å². The number of esters is 1. The van der Waals surface area contributed by atoms with E-state index >= 15 is 0 Å². The molecule has 0 radical (unpaired) electrons. The van der Waals surface area contributed by atoms with Gasteiger partial charge in [0.15, 0.2) is 0 Å². The summed E-state index contributed by atoms with van der Waals surface area (Å²) in [6, 6.07) is 0. The third-order valence-electron chi connectivity index (χ3n) is 2.61. The van der Waals surface area contributed by atoms with Gasteiger partial charge in [0.1, 0.15) is 0 Å². The zero-order chi connectivity index (χ0) is 7.84. The summed E-state index contributed by atoms with van der Waals surface area (Å²) in [7, 11) is 1.44. The van der Waals surface area contributed by atoms with Gasteiger partial charge in [0, 0.05) is 0 Å². The molecule has 0 saturated carbocycles. The summed E-state index contributed by atoms with van der Waals surface area (Å²) in [5.41, 5.74) is 0. The van der Waals surface area contributed by atoms with E-state index in [2.05, 4.69) is 4.74 Å². The Bertz CT molecular complexity index is 178. The van der Waals surface area contributed by atoms with E-state index in [1.165, 1.54) is 7.11 Å². The maximum Gasteiger partial charge on any atom is 0.311 e. The zero-order valence-electron chi connectivity index (χ0n) is 6.58. The lowest BCUT2D eigenvalue weighted by Crippen LogP contribution is -2.26. The van der Waals surface area contributed by atoms with Gasteiger partial charge in [0.05, 0.1) is 25.2 Å². The van der Waals surface area contributed by atoms with Crippen molar-refractivity contribution in [3.05, 3.63) is 0 Å². The molecule has 0 N–H and O–H groups in total. The van der Waals surface area contributed by atoms with Crippen molar-refractivity contribution >= 4 is 5.97 Å². The molecule has 2 aliphatic rings. The van der Waals surface area contributed by atoms with Crippen molar-refractivity contribution in [1.82, 2.24) is 0 Å². The molecule has 3 nitrogen and oxygen atoms in total. The summed E-state index contributed by atoms with van der Waals surface area (Å²) in [6.45, 7) is 0. The van der Waals surface area contributed by atoms with Crippen molar-refractivity contribution < 1.29 is 14.3 Å². The van der Waals surface area contributed by atoms with E-state index in [0.717, 1.165) is 19.3 Å². The smallest absolute Gasteiger partial charge is 0.311 e. The molecule has 3 heteroatoms. The fourth-order valence-corrected chi connectivity index (χ4v) is 2.04. The van der Waals surface area contributed by atoms with Gasteiger partial charge in [-0.2, -0.15) is 0 Å². The Hall–Kier alpha value is -0.570. The fourth-order valence-electron chi connectivity index (χ4n) is 2.04. The third-order valence-corrected chi connectivity index (χ3v) is 2.61. The lowest BCUT2D eigenvalue weighted by Gasteiger charge is -2.14. The summed E-state index contributed by atoms with van der Waals surface area (Å²) < 4.78 is 10.2. The van der Waals surface area contributed by atoms with Crippen molar-refractivity contribution in [2.45, 2.75) is 31.5 Å². The molecular formula is C8H12O3. The molecule has 2 rings (SSSR count). The molecule has 0 spiro atoms. The first kappa shape index (κ1) is 7.10. The summed E-state index contributed by atoms with van der Waals surface area (Å²) >= 11 is 0. The number of methoxy groups -OCH3 is 1. The standard InChI is InChI=1S/C8H12O3/c1-10-8(9)6-4-5-2-3-7(6)11-5/h5-7H,2-4H2,1H3/t5-,6-,7-/m0/s1. The van der Waals surface area contributed by atoms with Gasteiger partial charge in [-0.1, -0.05) is 0 Å². The average Bonchev–Trinajstić information content (AvgIpc) is 2.62. The van der Waals surface area contributed by atoms with E-state index in [4.69, 9.17) is 4.74 Å². The highest BCUT2D eigenvalue weighted by Gasteiger charge is 2.44. The Morgan fingerprint density at radius 1 is 1.55 bits per heavy atom. The first-order valence-electron chi connectivity index (χ1n) is 4.04. The number of hydrogen-bond donors (Lipinski definition) is 0. The zero-order valence-corrected chi connectivity index (χ0v) is 6.58. The van der Waals surface area contributed by atoms with Gasteiger partial charge in [0.2, 0.25) is 0 Å². The van der Waals surface area contributed by atoms with Crippen LogP contribution >= 0.6 is 0 Å². The summed E-state index contributed by atoms with van der Waals surface area (Å²) in [4.78, 5) is 11.1. The van der Waals surface area contributed by atoms with Crippen LogP contribution in [-0.4, -0.2) is 25.3 Å². The van der Waals surface area contributed by atoms with Gasteiger partial charge in [0.25, 0.3) is 0 Å². The van der Waals surface area contributed by atoms with E-state index in [1.54, 1.807) is 0 Å². The molecule has 0 amide bonds. The quantitative estimate of drug-likeness (QED) is 0.525. The van der Waals surface area contributed by atoms with E-state index in [1.807, 2.05) is 0 Å². The summed E-state index contributed by atoms with van der Waals surface area (Å²) in [5.74, 6) is -0.0732. The highest BCUT2D eigenvalue weighted by atomic mass is 16.5. The number of hydrogen-bond acceptors (Lipinski definition) is 3. The number of carbonyl (C=O) groups is 1. The Balaban J connectivity index is 2.02. The molecule has 2 heterocycles. The molecular weight excluding hydrogens is 144 g/mol. The molecule has 0 unspecified atom stereocenters. The predicted octanol–water partition coefficient (Wildman–Crippen LogP) is 0.727. The Kier molecular flexibility index (Phi) is 1.60. The van der Waals surface area contributed by atoms with Crippen LogP contribution in [0.5, 0.6) is 0 Å². The van der Waals surface area contributed by atoms with Crippen molar-refractivity contribution in [3.8, 4) is 0 Å². The molecule has 0 aliphatic carbocycles. The van der Waals surface area contributed by atoms with E-state index in [9.17, 15) is 4.79 Å². The van der Waals surface area contributed by atoms with Gasteiger partial charge in [-0.15, -0.1) is 0 Å². The minimum Gasteiger partial charge on any atom is -0.469 e. The molecule has 2 saturated heterocycles. The predicted molar refractivity (Wildman–Crippen MR) is 38.0 cm³/mol. The lowest BCUT2D eigenvalue weighted by atomic mass is 9.89. The van der Waals surface area contributed by atoms with Crippen LogP contribution in [-0.2, 0) is 14.3 Å². The molecule has 11 heavy (non-hydrogen) atoms. The Morgan fingerprint density at radius 2 is 2.36 bits per heavy atom. The minimum absolute atomic E-state index is 0.0266. The first-order valence-corrected chi connectivity index (χ1v) is 4.04. The summed E-state index contributed by atoms with van der Waals surface area (Å²) in [5, 5.41) is 0. The van der Waals surface area contributed by atoms with Crippen molar-refractivity contribution in [2.24, 2.45) is 5.92 Å². The summed E-state index contributed by atoms with van der Waals surface area (Å²) in [6.07, 6.45) is 3.52. The first-order chi connectivity index (χ1) is 5.31. The van der Waals surface area contributed by atoms with Gasteiger partial charge in [-0.3, -0.25) is 4.79 Å². The maximum absolute atomic E-state index is 11.1. The molecule has 2 fully saturated rings. The lowest BCUT2D eigenvalue weighted by molar-refractivity contribution is -0.147. The number of carbonyl (C=O) groups excluding carboxylic acids is 1. The van der Waals surface area contributed by atoms with Crippen LogP contribution in [0, 0.1) is 5.92 Å². The van der Waals surface area contributed by atoms with E-state index in [0.29, 0.717) is 6.10 Å². The highest BCUT2D eigenvalue weighted by Crippen LogP contribution is 2.39. The van der Waals surface area contributed by atoms with Crippen LogP contribution in [0.3, 0.4) is 0 Å². The minimum atomic E-state index is -0.0998. The molecule has 0 aromatic carbocycles. The van der Waals surface area contributed by atoms with Gasteiger partial charge in [-0.05, 0) is 19.3 Å². The molecule has 3 atom stereocenters. The number of ether oxygens (including phenoxy) is 2. The fraction of sp³-hybridized carbons (Fsp3) is 0.875. The van der Waals surface area contributed by atoms with Crippen molar-refractivity contribution in [1.29, 1.82) is 0 Å². The molecule has 62 valence electrons. The Morgan fingerprint density at radius 3 is 2.82 bits per heavy atom. The van der Waals surface area contributed by atoms with Crippen LogP contribution in [0.15, 0.2) is 0 Å². The molecule has 2 aliphatic heterocycles. The van der Waals surface area contributed by atoms with E-state index in [-0.39, 0.29) is 18.0 Å². The third kappa shape index (κ3) is 1.03. The number of rotatable bonds is 1. The maximum atomic E-state index is 11.1. The van der Waals surface area contributed by atoms with Crippen LogP contribution in [0.1, 0.15) is 19.3 Å². The number of fused-ring (bicyclic) bond motifs is 2. The second-order valence-corrected chi connectivity index (χ2v) is 3.24. The van der Waals surface area contributed by atoms with Gasteiger partial charge >= 0.3 is 5.97 Å². The van der Waals surface area contributed by atoms with Gasteiger partial charge in [-0.25, -0.2) is 0 Å². The second kappa shape index (κ2) is 2.48. The normalized spacial score (nSPS) is 41.0. The van der Waals surface area contributed by atoms with Crippen LogP contribution in [0.25, 0.3) is 0 Å². The monoisotopic (exact) mass is 156 g/mol. The molecule has 0 aromatic heterocycles. The highest BCUT2D eigenvalue weighted by molar-refractivity contribution is 5.73. The topological polar surface area (TPSA) is 35.5 Å². The largest absolute Gasteiger partial charge is 0.469 e.